The number of ether oxygens (including phenoxy) is 1. The number of rotatable bonds is 2. The molecule has 1 fully saturated rings. The van der Waals surface area contributed by atoms with E-state index >= 15 is 0 Å². The molecule has 2 heterocycles. The Kier molecular flexibility index (Phi) is 2.88. The van der Waals surface area contributed by atoms with Crippen molar-refractivity contribution in [3.8, 4) is 0 Å². The molecule has 0 aliphatic carbocycles. The number of aromatic nitrogens is 2. The molecule has 0 unspecified atom stereocenters. The van der Waals surface area contributed by atoms with Crippen LogP contribution in [0.5, 0.6) is 0 Å². The highest BCUT2D eigenvalue weighted by Crippen LogP contribution is 2.06. The molecular formula is C9H15N3OS. The molecule has 1 saturated heterocycles. The number of aromatic amines is 1. The van der Waals surface area contributed by atoms with E-state index in [4.69, 9.17) is 17.0 Å². The Balaban J connectivity index is 2.28. The standard InChI is InChI=1S/C9H15N3OS/c1-2-8-7-10-9(14)12(8)11-3-5-13-6-4-11/h7H,2-6H2,1H3,(H,10,14). The summed E-state index contributed by atoms with van der Waals surface area (Å²) in [7, 11) is 0. The molecule has 1 aromatic heterocycles. The molecule has 0 aromatic carbocycles. The molecule has 0 amide bonds. The van der Waals surface area contributed by atoms with Crippen LogP contribution >= 0.6 is 12.2 Å². The van der Waals surface area contributed by atoms with Crippen molar-refractivity contribution in [1.29, 1.82) is 0 Å². The van der Waals surface area contributed by atoms with Gasteiger partial charge in [-0.15, -0.1) is 0 Å². The quantitative estimate of drug-likeness (QED) is 0.746. The lowest BCUT2D eigenvalue weighted by atomic mass is 10.4. The zero-order valence-corrected chi connectivity index (χ0v) is 9.14. The van der Waals surface area contributed by atoms with Crippen LogP contribution in [0.4, 0.5) is 0 Å². The van der Waals surface area contributed by atoms with Crippen molar-refractivity contribution in [2.24, 2.45) is 0 Å². The predicted octanol–water partition coefficient (Wildman–Crippen LogP) is 1.08. The minimum Gasteiger partial charge on any atom is -0.378 e. The van der Waals surface area contributed by atoms with Crippen molar-refractivity contribution >= 4 is 12.2 Å². The third-order valence-electron chi connectivity index (χ3n) is 2.46. The van der Waals surface area contributed by atoms with Gasteiger partial charge in [0, 0.05) is 6.20 Å². The molecule has 0 saturated carbocycles. The summed E-state index contributed by atoms with van der Waals surface area (Å²) in [5.74, 6) is 0. The zero-order valence-electron chi connectivity index (χ0n) is 8.32. The Morgan fingerprint density at radius 2 is 2.21 bits per heavy atom. The van der Waals surface area contributed by atoms with Crippen LogP contribution in [0, 0.1) is 4.77 Å². The average molecular weight is 213 g/mol. The third-order valence-corrected chi connectivity index (χ3v) is 2.75. The monoisotopic (exact) mass is 213 g/mol. The van der Waals surface area contributed by atoms with E-state index in [1.165, 1.54) is 5.69 Å². The smallest absolute Gasteiger partial charge is 0.196 e. The molecule has 0 bridgehead atoms. The fraction of sp³-hybridized carbons (Fsp3) is 0.667. The summed E-state index contributed by atoms with van der Waals surface area (Å²) in [6.45, 7) is 5.54. The average Bonchev–Trinajstić information content (AvgIpc) is 2.61. The first kappa shape index (κ1) is 9.73. The topological polar surface area (TPSA) is 33.2 Å². The normalized spacial score (nSPS) is 17.4. The lowest BCUT2D eigenvalue weighted by Crippen LogP contribution is -2.44. The Bertz CT molecular complexity index is 351. The van der Waals surface area contributed by atoms with E-state index in [0.29, 0.717) is 0 Å². The number of nitrogens with one attached hydrogen (secondary N) is 1. The van der Waals surface area contributed by atoms with E-state index in [1.54, 1.807) is 0 Å². The van der Waals surface area contributed by atoms with Crippen molar-refractivity contribution in [3.63, 3.8) is 0 Å². The fourth-order valence-corrected chi connectivity index (χ4v) is 2.01. The number of aryl methyl sites for hydroxylation is 1. The minimum absolute atomic E-state index is 0.781. The first-order valence-electron chi connectivity index (χ1n) is 4.95. The summed E-state index contributed by atoms with van der Waals surface area (Å²) in [5, 5.41) is 2.24. The van der Waals surface area contributed by atoms with Gasteiger partial charge in [0.05, 0.1) is 32.0 Å². The van der Waals surface area contributed by atoms with Crippen LogP contribution in [0.2, 0.25) is 0 Å². The van der Waals surface area contributed by atoms with Crippen molar-refractivity contribution in [3.05, 3.63) is 16.7 Å². The number of H-pyrrole nitrogens is 1. The highest BCUT2D eigenvalue weighted by atomic mass is 32.1. The summed E-state index contributed by atoms with van der Waals surface area (Å²) in [4.78, 5) is 3.08. The largest absolute Gasteiger partial charge is 0.378 e. The first-order valence-corrected chi connectivity index (χ1v) is 5.36. The van der Waals surface area contributed by atoms with Crippen molar-refractivity contribution in [2.45, 2.75) is 13.3 Å². The molecule has 1 N–H and O–H groups in total. The molecule has 78 valence electrons. The Hall–Kier alpha value is -0.810. The van der Waals surface area contributed by atoms with E-state index < -0.39 is 0 Å². The zero-order chi connectivity index (χ0) is 9.97. The number of imidazole rings is 1. The summed E-state index contributed by atoms with van der Waals surface area (Å²) in [6, 6.07) is 0. The third kappa shape index (κ3) is 1.69. The maximum Gasteiger partial charge on any atom is 0.196 e. The summed E-state index contributed by atoms with van der Waals surface area (Å²) in [5.41, 5.74) is 1.23. The molecule has 4 nitrogen and oxygen atoms in total. The maximum atomic E-state index is 5.31. The van der Waals surface area contributed by atoms with Gasteiger partial charge in [-0.1, -0.05) is 6.92 Å². The fourth-order valence-electron chi connectivity index (χ4n) is 1.71. The van der Waals surface area contributed by atoms with E-state index in [0.717, 1.165) is 37.5 Å². The van der Waals surface area contributed by atoms with Crippen LogP contribution in [0.3, 0.4) is 0 Å². The van der Waals surface area contributed by atoms with E-state index in [2.05, 4.69) is 21.6 Å². The van der Waals surface area contributed by atoms with Crippen LogP contribution in [0.25, 0.3) is 0 Å². The van der Waals surface area contributed by atoms with Crippen LogP contribution < -0.4 is 5.01 Å². The van der Waals surface area contributed by atoms with Crippen molar-refractivity contribution < 1.29 is 4.74 Å². The van der Waals surface area contributed by atoms with Crippen molar-refractivity contribution in [1.82, 2.24) is 9.66 Å². The van der Waals surface area contributed by atoms with Crippen LogP contribution in [0.1, 0.15) is 12.6 Å². The predicted molar refractivity (Wildman–Crippen MR) is 57.8 cm³/mol. The highest BCUT2D eigenvalue weighted by Gasteiger charge is 2.13. The minimum atomic E-state index is 0.781. The number of nitrogens with zero attached hydrogens (tertiary/aromatic N) is 2. The lowest BCUT2D eigenvalue weighted by molar-refractivity contribution is 0.110. The molecule has 0 spiro atoms. The van der Waals surface area contributed by atoms with Gasteiger partial charge in [-0.3, -0.25) is 0 Å². The van der Waals surface area contributed by atoms with Gasteiger partial charge in [0.25, 0.3) is 0 Å². The highest BCUT2D eigenvalue weighted by molar-refractivity contribution is 7.71. The number of morpholine rings is 1. The van der Waals surface area contributed by atoms with Crippen LogP contribution in [0.15, 0.2) is 6.20 Å². The van der Waals surface area contributed by atoms with Crippen LogP contribution in [-0.4, -0.2) is 36.0 Å². The van der Waals surface area contributed by atoms with Gasteiger partial charge in [-0.25, -0.2) is 4.68 Å². The van der Waals surface area contributed by atoms with Crippen LogP contribution in [-0.2, 0) is 11.2 Å². The summed E-state index contributed by atoms with van der Waals surface area (Å²) < 4.78 is 8.19. The van der Waals surface area contributed by atoms with E-state index in [9.17, 15) is 0 Å². The van der Waals surface area contributed by atoms with Gasteiger partial charge in [0.15, 0.2) is 4.77 Å². The number of hydrogen-bond donors (Lipinski definition) is 1. The molecule has 14 heavy (non-hydrogen) atoms. The second-order valence-corrected chi connectivity index (χ2v) is 3.70. The van der Waals surface area contributed by atoms with Crippen molar-refractivity contribution in [2.75, 3.05) is 31.3 Å². The Labute approximate surface area is 88.5 Å². The van der Waals surface area contributed by atoms with Gasteiger partial charge in [-0.2, -0.15) is 0 Å². The molecule has 0 radical (unpaired) electrons. The second-order valence-electron chi connectivity index (χ2n) is 3.32. The van der Waals surface area contributed by atoms with Gasteiger partial charge >= 0.3 is 0 Å². The lowest BCUT2D eigenvalue weighted by Gasteiger charge is -2.30. The summed E-state index contributed by atoms with van der Waals surface area (Å²) >= 11 is 5.24. The SMILES string of the molecule is CCc1c[nH]c(=S)n1N1CCOCC1. The van der Waals surface area contributed by atoms with Gasteiger partial charge < -0.3 is 14.7 Å². The van der Waals surface area contributed by atoms with E-state index in [-0.39, 0.29) is 0 Å². The molecular weight excluding hydrogens is 198 g/mol. The molecule has 5 heteroatoms. The maximum absolute atomic E-state index is 5.31. The summed E-state index contributed by atoms with van der Waals surface area (Å²) in [6.07, 6.45) is 2.97. The molecule has 1 aliphatic rings. The van der Waals surface area contributed by atoms with Gasteiger partial charge in [-0.05, 0) is 18.6 Å². The molecule has 1 aromatic rings. The van der Waals surface area contributed by atoms with E-state index in [1.807, 2.05) is 6.20 Å². The molecule has 0 atom stereocenters. The Morgan fingerprint density at radius 3 is 2.86 bits per heavy atom. The molecule has 1 aliphatic heterocycles. The van der Waals surface area contributed by atoms with Gasteiger partial charge in [0.1, 0.15) is 0 Å². The first-order chi connectivity index (χ1) is 6.83. The number of hydrogen-bond acceptors (Lipinski definition) is 3. The molecule has 2 rings (SSSR count). The second kappa shape index (κ2) is 4.14. The van der Waals surface area contributed by atoms with Gasteiger partial charge in [0.2, 0.25) is 0 Å². The Morgan fingerprint density at radius 1 is 1.50 bits per heavy atom.